The first-order valence-corrected chi connectivity index (χ1v) is 8.73. The normalized spacial score (nSPS) is 36.5. The molecule has 2 rings (SSSR count). The zero-order chi connectivity index (χ0) is 14.5. The molecule has 3 unspecified atom stereocenters. The van der Waals surface area contributed by atoms with Crippen LogP contribution in [0.3, 0.4) is 0 Å². The Kier molecular flexibility index (Phi) is 6.31. The molecule has 0 aromatic rings. The van der Waals surface area contributed by atoms with Crippen LogP contribution in [0.1, 0.15) is 72.1 Å². The smallest absolute Gasteiger partial charge is 0.0541 e. The molecular weight excluding hydrogens is 248 g/mol. The fourth-order valence-electron chi connectivity index (χ4n) is 4.12. The molecule has 0 radical (unpaired) electrons. The van der Waals surface area contributed by atoms with E-state index < -0.39 is 0 Å². The van der Waals surface area contributed by atoms with E-state index in [-0.39, 0.29) is 6.10 Å². The predicted octanol–water partition coefficient (Wildman–Crippen LogP) is 2.82. The third-order valence-electron chi connectivity index (χ3n) is 5.01. The molecular formula is C17H34N2O. The average Bonchev–Trinajstić information content (AvgIpc) is 2.78. The lowest BCUT2D eigenvalue weighted by Crippen LogP contribution is -2.40. The van der Waals surface area contributed by atoms with Crippen molar-refractivity contribution < 1.29 is 5.11 Å². The van der Waals surface area contributed by atoms with Crippen LogP contribution in [0.5, 0.6) is 0 Å². The number of hydrogen-bond donors (Lipinski definition) is 3. The van der Waals surface area contributed by atoms with Crippen molar-refractivity contribution in [3.05, 3.63) is 0 Å². The average molecular weight is 282 g/mol. The third-order valence-corrected chi connectivity index (χ3v) is 5.01. The predicted molar refractivity (Wildman–Crippen MR) is 84.9 cm³/mol. The van der Waals surface area contributed by atoms with Gasteiger partial charge in [0.15, 0.2) is 0 Å². The minimum Gasteiger partial charge on any atom is -0.393 e. The maximum absolute atomic E-state index is 9.56. The van der Waals surface area contributed by atoms with Gasteiger partial charge in [-0.15, -0.1) is 0 Å². The van der Waals surface area contributed by atoms with Crippen LogP contribution in [0.25, 0.3) is 0 Å². The van der Waals surface area contributed by atoms with E-state index in [1.54, 1.807) is 0 Å². The molecule has 3 N–H and O–H groups in total. The molecule has 2 saturated carbocycles. The third kappa shape index (κ3) is 5.34. The fourth-order valence-corrected chi connectivity index (χ4v) is 4.12. The molecule has 0 bridgehead atoms. The Morgan fingerprint density at radius 3 is 2.20 bits per heavy atom. The highest BCUT2D eigenvalue weighted by molar-refractivity contribution is 4.85. The zero-order valence-electron chi connectivity index (χ0n) is 13.6. The second-order valence-electron chi connectivity index (χ2n) is 7.51. The van der Waals surface area contributed by atoms with Crippen LogP contribution in [0.15, 0.2) is 0 Å². The van der Waals surface area contributed by atoms with Gasteiger partial charge in [0.25, 0.3) is 0 Å². The Labute approximate surface area is 124 Å². The van der Waals surface area contributed by atoms with Gasteiger partial charge in [-0.25, -0.2) is 0 Å². The topological polar surface area (TPSA) is 44.3 Å². The Morgan fingerprint density at radius 2 is 1.55 bits per heavy atom. The summed E-state index contributed by atoms with van der Waals surface area (Å²) in [6.07, 6.45) is 9.62. The van der Waals surface area contributed by atoms with Crippen molar-refractivity contribution in [3.63, 3.8) is 0 Å². The van der Waals surface area contributed by atoms with Crippen molar-refractivity contribution in [1.82, 2.24) is 10.6 Å². The van der Waals surface area contributed by atoms with Gasteiger partial charge in [0.05, 0.1) is 6.10 Å². The highest BCUT2D eigenvalue weighted by Crippen LogP contribution is 2.30. The Morgan fingerprint density at radius 1 is 0.900 bits per heavy atom. The molecule has 3 nitrogen and oxygen atoms in total. The van der Waals surface area contributed by atoms with E-state index in [0.717, 1.165) is 37.6 Å². The molecule has 20 heavy (non-hydrogen) atoms. The standard InChI is InChI=1S/C17H34N2O/c1-12(2)18-16-5-4-14(11-16)10-13(3)19-15-6-8-17(20)9-7-15/h12-20H,4-11H2,1-3H3. The summed E-state index contributed by atoms with van der Waals surface area (Å²) in [5.41, 5.74) is 0. The number of aliphatic hydroxyl groups excluding tert-OH is 1. The maximum Gasteiger partial charge on any atom is 0.0541 e. The van der Waals surface area contributed by atoms with Crippen molar-refractivity contribution in [2.75, 3.05) is 0 Å². The van der Waals surface area contributed by atoms with Gasteiger partial charge in [-0.3, -0.25) is 0 Å². The minimum absolute atomic E-state index is 0.0407. The van der Waals surface area contributed by atoms with Crippen molar-refractivity contribution in [2.24, 2.45) is 5.92 Å². The quantitative estimate of drug-likeness (QED) is 0.702. The van der Waals surface area contributed by atoms with Gasteiger partial charge in [0.2, 0.25) is 0 Å². The van der Waals surface area contributed by atoms with Gasteiger partial charge < -0.3 is 15.7 Å². The minimum atomic E-state index is -0.0407. The first-order chi connectivity index (χ1) is 9.52. The van der Waals surface area contributed by atoms with Crippen LogP contribution in [0.2, 0.25) is 0 Å². The Bertz CT molecular complexity index is 274. The largest absolute Gasteiger partial charge is 0.393 e. The van der Waals surface area contributed by atoms with Gasteiger partial charge in [0, 0.05) is 24.2 Å². The van der Waals surface area contributed by atoms with Crippen LogP contribution in [0.4, 0.5) is 0 Å². The highest BCUT2D eigenvalue weighted by atomic mass is 16.3. The molecule has 118 valence electrons. The molecule has 0 saturated heterocycles. The SMILES string of the molecule is CC(C)NC1CCC(CC(C)NC2CCC(O)CC2)C1. The van der Waals surface area contributed by atoms with E-state index in [2.05, 4.69) is 31.4 Å². The van der Waals surface area contributed by atoms with Crippen molar-refractivity contribution >= 4 is 0 Å². The van der Waals surface area contributed by atoms with Crippen LogP contribution in [-0.2, 0) is 0 Å². The molecule has 0 aromatic heterocycles. The summed E-state index contributed by atoms with van der Waals surface area (Å²) in [5.74, 6) is 0.892. The second kappa shape index (κ2) is 7.77. The summed E-state index contributed by atoms with van der Waals surface area (Å²) >= 11 is 0. The van der Waals surface area contributed by atoms with Crippen LogP contribution in [-0.4, -0.2) is 35.4 Å². The van der Waals surface area contributed by atoms with E-state index in [4.69, 9.17) is 0 Å². The molecule has 2 aliphatic carbocycles. The van der Waals surface area contributed by atoms with Gasteiger partial charge >= 0.3 is 0 Å². The lowest BCUT2D eigenvalue weighted by Gasteiger charge is -2.30. The number of rotatable bonds is 6. The molecule has 0 spiro atoms. The summed E-state index contributed by atoms with van der Waals surface area (Å²) in [4.78, 5) is 0. The summed E-state index contributed by atoms with van der Waals surface area (Å²) in [7, 11) is 0. The first-order valence-electron chi connectivity index (χ1n) is 8.73. The van der Waals surface area contributed by atoms with Gasteiger partial charge in [-0.2, -0.15) is 0 Å². The van der Waals surface area contributed by atoms with Gasteiger partial charge in [-0.05, 0) is 64.2 Å². The van der Waals surface area contributed by atoms with Crippen molar-refractivity contribution in [1.29, 1.82) is 0 Å². The maximum atomic E-state index is 9.56. The van der Waals surface area contributed by atoms with Crippen LogP contribution in [0, 0.1) is 5.92 Å². The molecule has 0 aromatic carbocycles. The summed E-state index contributed by atoms with van der Waals surface area (Å²) in [6, 6.07) is 2.62. The van der Waals surface area contributed by atoms with Crippen LogP contribution < -0.4 is 10.6 Å². The van der Waals surface area contributed by atoms with Gasteiger partial charge in [0.1, 0.15) is 0 Å². The van der Waals surface area contributed by atoms with E-state index in [9.17, 15) is 5.11 Å². The zero-order valence-corrected chi connectivity index (χ0v) is 13.6. The Balaban J connectivity index is 1.63. The van der Waals surface area contributed by atoms with Gasteiger partial charge in [-0.1, -0.05) is 13.8 Å². The number of hydrogen-bond acceptors (Lipinski definition) is 3. The molecule has 3 heteroatoms. The summed E-state index contributed by atoms with van der Waals surface area (Å²) in [5, 5.41) is 17.0. The monoisotopic (exact) mass is 282 g/mol. The lowest BCUT2D eigenvalue weighted by molar-refractivity contribution is 0.113. The molecule has 0 aliphatic heterocycles. The van der Waals surface area contributed by atoms with E-state index in [1.165, 1.54) is 25.7 Å². The van der Waals surface area contributed by atoms with Crippen molar-refractivity contribution in [2.45, 2.75) is 102 Å². The van der Waals surface area contributed by atoms with Crippen LogP contribution >= 0.6 is 0 Å². The van der Waals surface area contributed by atoms with E-state index in [0.29, 0.717) is 18.1 Å². The molecule has 2 fully saturated rings. The molecule has 0 amide bonds. The first kappa shape index (κ1) is 16.3. The lowest BCUT2D eigenvalue weighted by atomic mass is 9.91. The Hall–Kier alpha value is -0.120. The number of nitrogens with one attached hydrogen (secondary N) is 2. The van der Waals surface area contributed by atoms with E-state index in [1.807, 2.05) is 0 Å². The summed E-state index contributed by atoms with van der Waals surface area (Å²) < 4.78 is 0. The number of aliphatic hydroxyl groups is 1. The molecule has 0 heterocycles. The highest BCUT2D eigenvalue weighted by Gasteiger charge is 2.27. The fraction of sp³-hybridized carbons (Fsp3) is 1.00. The van der Waals surface area contributed by atoms with E-state index >= 15 is 0 Å². The van der Waals surface area contributed by atoms with Crippen molar-refractivity contribution in [3.8, 4) is 0 Å². The molecule has 3 atom stereocenters. The molecule has 2 aliphatic rings. The summed E-state index contributed by atoms with van der Waals surface area (Å²) in [6.45, 7) is 6.83. The second-order valence-corrected chi connectivity index (χ2v) is 7.51.